The number of amides is 1. The van der Waals surface area contributed by atoms with E-state index in [0.717, 1.165) is 23.4 Å². The van der Waals surface area contributed by atoms with Gasteiger partial charge in [-0.05, 0) is 49.2 Å². The Balaban J connectivity index is 1.55. The van der Waals surface area contributed by atoms with Gasteiger partial charge < -0.3 is 10.6 Å². The number of nitro groups is 1. The molecule has 0 saturated carbocycles. The molecule has 0 unspecified atom stereocenters. The lowest BCUT2D eigenvalue weighted by atomic mass is 10.1. The number of nitro benzene ring substituents is 1. The van der Waals surface area contributed by atoms with Crippen LogP contribution in [0.2, 0.25) is 0 Å². The summed E-state index contributed by atoms with van der Waals surface area (Å²) in [5, 5.41) is 25.1. The van der Waals surface area contributed by atoms with Gasteiger partial charge in [0.05, 0.1) is 10.7 Å². The van der Waals surface area contributed by atoms with E-state index in [1.165, 1.54) is 34.7 Å². The summed E-state index contributed by atoms with van der Waals surface area (Å²) in [5.41, 5.74) is 2.71. The summed E-state index contributed by atoms with van der Waals surface area (Å²) in [7, 11) is 0. The first kappa shape index (κ1) is 20.7. The molecular weight excluding hydrogens is 417 g/mol. The highest BCUT2D eigenvalue weighted by Crippen LogP contribution is 2.28. The van der Waals surface area contributed by atoms with Gasteiger partial charge in [0.25, 0.3) is 0 Å². The molecule has 1 aromatic heterocycles. The average molecular weight is 433 g/mol. The van der Waals surface area contributed by atoms with Crippen molar-refractivity contribution in [2.24, 2.45) is 0 Å². The number of rotatable bonds is 7. The van der Waals surface area contributed by atoms with Crippen LogP contribution in [0.3, 0.4) is 0 Å². The SMILES string of the molecule is Cc1ccc(Nc2nnc(SCC(=O)Nc3ccc(F)c([N+](=O)[O-])c3)s2)cc1C. The molecule has 0 aliphatic heterocycles. The first-order chi connectivity index (χ1) is 13.8. The van der Waals surface area contributed by atoms with Gasteiger partial charge in [0.1, 0.15) is 0 Å². The Morgan fingerprint density at radius 3 is 2.66 bits per heavy atom. The predicted molar refractivity (Wildman–Crippen MR) is 112 cm³/mol. The average Bonchev–Trinajstić information content (AvgIpc) is 3.12. The van der Waals surface area contributed by atoms with E-state index in [1.54, 1.807) is 0 Å². The van der Waals surface area contributed by atoms with Gasteiger partial charge >= 0.3 is 5.69 Å². The van der Waals surface area contributed by atoms with E-state index in [4.69, 9.17) is 0 Å². The number of hydrogen-bond acceptors (Lipinski definition) is 8. The Morgan fingerprint density at radius 2 is 1.93 bits per heavy atom. The number of nitrogens with one attached hydrogen (secondary N) is 2. The van der Waals surface area contributed by atoms with Crippen LogP contribution in [0.1, 0.15) is 11.1 Å². The molecule has 3 rings (SSSR count). The summed E-state index contributed by atoms with van der Waals surface area (Å²) in [6, 6.07) is 9.16. The Morgan fingerprint density at radius 1 is 1.17 bits per heavy atom. The van der Waals surface area contributed by atoms with Crippen LogP contribution in [0, 0.1) is 29.8 Å². The van der Waals surface area contributed by atoms with Crippen molar-refractivity contribution in [2.45, 2.75) is 18.2 Å². The van der Waals surface area contributed by atoms with Crippen LogP contribution < -0.4 is 10.6 Å². The van der Waals surface area contributed by atoms with E-state index in [2.05, 4.69) is 20.8 Å². The maximum absolute atomic E-state index is 13.3. The number of hydrogen-bond donors (Lipinski definition) is 2. The Bertz CT molecular complexity index is 1070. The van der Waals surface area contributed by atoms with Crippen LogP contribution in [0.5, 0.6) is 0 Å². The maximum Gasteiger partial charge on any atom is 0.306 e. The monoisotopic (exact) mass is 433 g/mol. The number of nitrogens with zero attached hydrogens (tertiary/aromatic N) is 3. The summed E-state index contributed by atoms with van der Waals surface area (Å²) in [4.78, 5) is 22.0. The van der Waals surface area contributed by atoms with Crippen LogP contribution in [0.4, 0.5) is 26.6 Å². The Labute approximate surface area is 173 Å². The van der Waals surface area contributed by atoms with Crippen molar-refractivity contribution in [1.82, 2.24) is 10.2 Å². The molecule has 0 aliphatic rings. The standard InChI is InChI=1S/C18H16FN5O3S2/c1-10-3-4-12(7-11(10)2)21-17-22-23-18(29-17)28-9-16(25)20-13-5-6-14(19)15(8-13)24(26)27/h3-8H,9H2,1-2H3,(H,20,25)(H,21,22). The zero-order valence-electron chi connectivity index (χ0n) is 15.4. The normalized spacial score (nSPS) is 10.6. The molecule has 0 radical (unpaired) electrons. The van der Waals surface area contributed by atoms with Gasteiger partial charge in [-0.3, -0.25) is 14.9 Å². The van der Waals surface area contributed by atoms with Crippen molar-refractivity contribution >= 4 is 51.2 Å². The minimum atomic E-state index is -0.958. The highest BCUT2D eigenvalue weighted by atomic mass is 32.2. The first-order valence-corrected chi connectivity index (χ1v) is 10.2. The van der Waals surface area contributed by atoms with Crippen LogP contribution in [0.25, 0.3) is 0 Å². The highest BCUT2D eigenvalue weighted by Gasteiger charge is 2.16. The topological polar surface area (TPSA) is 110 Å². The van der Waals surface area contributed by atoms with Crippen molar-refractivity contribution in [3.05, 3.63) is 63.5 Å². The lowest BCUT2D eigenvalue weighted by Crippen LogP contribution is -2.14. The summed E-state index contributed by atoms with van der Waals surface area (Å²) >= 11 is 2.49. The van der Waals surface area contributed by atoms with E-state index < -0.39 is 22.3 Å². The third-order valence-electron chi connectivity index (χ3n) is 3.92. The van der Waals surface area contributed by atoms with Crippen LogP contribution >= 0.6 is 23.1 Å². The third kappa shape index (κ3) is 5.48. The third-order valence-corrected chi connectivity index (χ3v) is 5.89. The van der Waals surface area contributed by atoms with Gasteiger partial charge in [-0.2, -0.15) is 4.39 Å². The van der Waals surface area contributed by atoms with Crippen molar-refractivity contribution in [2.75, 3.05) is 16.4 Å². The molecule has 150 valence electrons. The predicted octanol–water partition coefficient (Wildman–Crippen LogP) is 4.68. The molecule has 0 bridgehead atoms. The lowest BCUT2D eigenvalue weighted by Gasteiger charge is -2.05. The number of anilines is 3. The molecule has 1 amide bonds. The van der Waals surface area contributed by atoms with Gasteiger partial charge in [0, 0.05) is 17.4 Å². The molecule has 2 N–H and O–H groups in total. The minimum absolute atomic E-state index is 0.0312. The highest BCUT2D eigenvalue weighted by molar-refractivity contribution is 8.01. The van der Waals surface area contributed by atoms with Gasteiger partial charge in [0.2, 0.25) is 16.9 Å². The van der Waals surface area contributed by atoms with E-state index >= 15 is 0 Å². The van der Waals surface area contributed by atoms with Crippen LogP contribution in [0.15, 0.2) is 40.7 Å². The smallest absolute Gasteiger partial charge is 0.306 e. The fourth-order valence-corrected chi connectivity index (χ4v) is 3.89. The molecule has 0 aliphatic carbocycles. The molecule has 29 heavy (non-hydrogen) atoms. The fraction of sp³-hybridized carbons (Fsp3) is 0.167. The zero-order chi connectivity index (χ0) is 21.0. The molecule has 0 spiro atoms. The van der Waals surface area contributed by atoms with E-state index in [-0.39, 0.29) is 11.4 Å². The molecule has 11 heteroatoms. The number of halogens is 1. The van der Waals surface area contributed by atoms with Gasteiger partial charge in [0.15, 0.2) is 4.34 Å². The number of benzene rings is 2. The molecular formula is C18H16FN5O3S2. The van der Waals surface area contributed by atoms with Crippen molar-refractivity contribution < 1.29 is 14.1 Å². The fourth-order valence-electron chi connectivity index (χ4n) is 2.32. The number of carbonyl (C=O) groups excluding carboxylic acids is 1. The number of aryl methyl sites for hydroxylation is 2. The summed E-state index contributed by atoms with van der Waals surface area (Å²) < 4.78 is 13.9. The summed E-state index contributed by atoms with van der Waals surface area (Å²) in [6.45, 7) is 4.06. The Kier molecular flexibility index (Phi) is 6.39. The summed E-state index contributed by atoms with van der Waals surface area (Å²) in [6.07, 6.45) is 0. The van der Waals surface area contributed by atoms with Gasteiger partial charge in [-0.25, -0.2) is 0 Å². The second-order valence-electron chi connectivity index (χ2n) is 6.06. The summed E-state index contributed by atoms with van der Waals surface area (Å²) in [5.74, 6) is -1.32. The second-order valence-corrected chi connectivity index (χ2v) is 8.26. The van der Waals surface area contributed by atoms with Crippen molar-refractivity contribution in [3.63, 3.8) is 0 Å². The molecule has 3 aromatic rings. The zero-order valence-corrected chi connectivity index (χ0v) is 17.1. The molecule has 0 saturated heterocycles. The number of thioether (sulfide) groups is 1. The molecule has 0 fully saturated rings. The molecule has 8 nitrogen and oxygen atoms in total. The quantitative estimate of drug-likeness (QED) is 0.316. The Hall–Kier alpha value is -3.05. The first-order valence-electron chi connectivity index (χ1n) is 8.36. The van der Waals surface area contributed by atoms with E-state index in [0.29, 0.717) is 9.47 Å². The van der Waals surface area contributed by atoms with Gasteiger partial charge in [-0.15, -0.1) is 10.2 Å². The largest absolute Gasteiger partial charge is 0.330 e. The minimum Gasteiger partial charge on any atom is -0.330 e. The molecule has 2 aromatic carbocycles. The van der Waals surface area contributed by atoms with Crippen LogP contribution in [-0.2, 0) is 4.79 Å². The van der Waals surface area contributed by atoms with Crippen molar-refractivity contribution in [3.8, 4) is 0 Å². The molecule has 0 atom stereocenters. The second kappa shape index (κ2) is 8.97. The van der Waals surface area contributed by atoms with E-state index in [9.17, 15) is 19.3 Å². The van der Waals surface area contributed by atoms with Crippen molar-refractivity contribution in [1.29, 1.82) is 0 Å². The van der Waals surface area contributed by atoms with Gasteiger partial charge in [-0.1, -0.05) is 29.2 Å². The maximum atomic E-state index is 13.3. The van der Waals surface area contributed by atoms with E-state index in [1.807, 2.05) is 32.0 Å². The molecule has 1 heterocycles. The lowest BCUT2D eigenvalue weighted by molar-refractivity contribution is -0.387. The number of aromatic nitrogens is 2. The number of carbonyl (C=O) groups is 1. The van der Waals surface area contributed by atoms with Crippen LogP contribution in [-0.4, -0.2) is 26.8 Å².